The predicted molar refractivity (Wildman–Crippen MR) is 108 cm³/mol. The van der Waals surface area contributed by atoms with Gasteiger partial charge in [0, 0.05) is 23.0 Å². The number of amides is 1. The second kappa shape index (κ2) is 8.76. The third-order valence-corrected chi connectivity index (χ3v) is 6.41. The number of benzene rings is 2. The monoisotopic (exact) mass is 456 g/mol. The lowest BCUT2D eigenvalue weighted by Crippen LogP contribution is -2.19. The molecule has 0 bridgehead atoms. The highest BCUT2D eigenvalue weighted by molar-refractivity contribution is 7.94. The number of alkyl halides is 3. The fourth-order valence-corrected chi connectivity index (χ4v) is 4.42. The Bertz CT molecular complexity index is 1130. The summed E-state index contributed by atoms with van der Waals surface area (Å²) in [6.07, 6.45) is -4.48. The van der Waals surface area contributed by atoms with Gasteiger partial charge in [0.05, 0.1) is 0 Å². The summed E-state index contributed by atoms with van der Waals surface area (Å²) in [6.45, 7) is -1.45. The molecule has 0 aliphatic rings. The minimum absolute atomic E-state index is 0.0532. The minimum Gasteiger partial charge on any atom is -0.484 e. The number of hydrogen-bond donors (Lipinski definition) is 2. The summed E-state index contributed by atoms with van der Waals surface area (Å²) in [4.78, 5) is 12.5. The molecule has 0 fully saturated rings. The molecule has 1 heterocycles. The van der Waals surface area contributed by atoms with Crippen molar-refractivity contribution in [3.8, 4) is 5.75 Å². The third kappa shape index (κ3) is 5.97. The van der Waals surface area contributed by atoms with E-state index in [0.29, 0.717) is 0 Å². The summed E-state index contributed by atoms with van der Waals surface area (Å²) < 4.78 is 68.6. The van der Waals surface area contributed by atoms with Crippen LogP contribution in [-0.2, 0) is 10.0 Å². The van der Waals surface area contributed by atoms with Gasteiger partial charge in [-0.2, -0.15) is 13.2 Å². The van der Waals surface area contributed by atoms with Crippen LogP contribution in [0, 0.1) is 0 Å². The van der Waals surface area contributed by atoms with Gasteiger partial charge >= 0.3 is 6.18 Å². The maximum atomic E-state index is 12.5. The van der Waals surface area contributed by atoms with E-state index in [1.54, 1.807) is 11.4 Å². The Morgan fingerprint density at radius 2 is 1.73 bits per heavy atom. The van der Waals surface area contributed by atoms with Crippen molar-refractivity contribution in [2.75, 3.05) is 16.6 Å². The molecule has 2 aromatic carbocycles. The van der Waals surface area contributed by atoms with E-state index in [2.05, 4.69) is 14.8 Å². The molecule has 1 amide bonds. The number of ether oxygens (including phenoxy) is 1. The number of anilines is 2. The molecule has 0 unspecified atom stereocenters. The number of carbonyl (C=O) groups excluding carboxylic acids is 1. The Labute approximate surface area is 174 Å². The predicted octanol–water partition coefficient (Wildman–Crippen LogP) is 4.74. The van der Waals surface area contributed by atoms with Crippen molar-refractivity contribution >= 4 is 38.6 Å². The van der Waals surface area contributed by atoms with Gasteiger partial charge in [0.2, 0.25) is 0 Å². The van der Waals surface area contributed by atoms with Gasteiger partial charge in [0.1, 0.15) is 9.96 Å². The molecule has 158 valence electrons. The van der Waals surface area contributed by atoms with E-state index in [1.165, 1.54) is 54.6 Å². The van der Waals surface area contributed by atoms with Crippen LogP contribution in [-0.4, -0.2) is 27.1 Å². The molecule has 2 N–H and O–H groups in total. The molecule has 6 nitrogen and oxygen atoms in total. The topological polar surface area (TPSA) is 84.5 Å². The number of carbonyl (C=O) groups is 1. The van der Waals surface area contributed by atoms with Crippen LogP contribution in [0.15, 0.2) is 70.3 Å². The Kier molecular flexibility index (Phi) is 6.32. The van der Waals surface area contributed by atoms with E-state index in [4.69, 9.17) is 0 Å². The Balaban J connectivity index is 1.70. The van der Waals surface area contributed by atoms with Gasteiger partial charge in [-0.05, 0) is 41.8 Å². The van der Waals surface area contributed by atoms with Gasteiger partial charge in [0.25, 0.3) is 15.9 Å². The molecule has 11 heteroatoms. The quantitative estimate of drug-likeness (QED) is 0.538. The van der Waals surface area contributed by atoms with Crippen molar-refractivity contribution in [1.29, 1.82) is 0 Å². The standard InChI is InChI=1S/C19H15F3N2O4S2/c20-19(21,22)12-28-16-7-2-5-14(11-16)23-18(25)13-4-1-6-15(10-13)24-30(26,27)17-8-3-9-29-17/h1-11,24H,12H2,(H,23,25). The van der Waals surface area contributed by atoms with Gasteiger partial charge in [-0.1, -0.05) is 18.2 Å². The van der Waals surface area contributed by atoms with Crippen LogP contribution < -0.4 is 14.8 Å². The molecular formula is C19H15F3N2O4S2. The molecule has 1 aromatic heterocycles. The average molecular weight is 456 g/mol. The SMILES string of the molecule is O=C(Nc1cccc(OCC(F)(F)F)c1)c1cccc(NS(=O)(=O)c2cccs2)c1. The number of sulfonamides is 1. The summed E-state index contributed by atoms with van der Waals surface area (Å²) in [5.74, 6) is -0.622. The Hall–Kier alpha value is -3.05. The molecule has 0 aliphatic carbocycles. The molecule has 0 spiro atoms. The highest BCUT2D eigenvalue weighted by Crippen LogP contribution is 2.23. The number of nitrogens with one attached hydrogen (secondary N) is 2. The molecule has 0 atom stereocenters. The highest BCUT2D eigenvalue weighted by Gasteiger charge is 2.28. The first-order valence-electron chi connectivity index (χ1n) is 8.40. The summed E-state index contributed by atoms with van der Waals surface area (Å²) in [7, 11) is -3.77. The van der Waals surface area contributed by atoms with Crippen molar-refractivity contribution in [1.82, 2.24) is 0 Å². The molecular weight excluding hydrogens is 441 g/mol. The summed E-state index contributed by atoms with van der Waals surface area (Å²) in [5.41, 5.74) is 0.575. The van der Waals surface area contributed by atoms with Crippen molar-refractivity contribution in [2.24, 2.45) is 0 Å². The zero-order valence-electron chi connectivity index (χ0n) is 15.1. The largest absolute Gasteiger partial charge is 0.484 e. The number of thiophene rings is 1. The maximum Gasteiger partial charge on any atom is 0.422 e. The van der Waals surface area contributed by atoms with Gasteiger partial charge in [0.15, 0.2) is 6.61 Å². The van der Waals surface area contributed by atoms with E-state index in [1.807, 2.05) is 0 Å². The maximum absolute atomic E-state index is 12.5. The van der Waals surface area contributed by atoms with Crippen LogP contribution in [0.3, 0.4) is 0 Å². The van der Waals surface area contributed by atoms with Gasteiger partial charge in [-0.15, -0.1) is 11.3 Å². The van der Waals surface area contributed by atoms with Gasteiger partial charge < -0.3 is 10.1 Å². The highest BCUT2D eigenvalue weighted by atomic mass is 32.2. The summed E-state index contributed by atoms with van der Waals surface area (Å²) >= 11 is 1.06. The Morgan fingerprint density at radius 3 is 2.43 bits per heavy atom. The van der Waals surface area contributed by atoms with Crippen molar-refractivity contribution in [3.05, 3.63) is 71.6 Å². The minimum atomic E-state index is -4.48. The van der Waals surface area contributed by atoms with Crippen LogP contribution in [0.1, 0.15) is 10.4 Å². The van der Waals surface area contributed by atoms with Crippen molar-refractivity contribution < 1.29 is 31.1 Å². The van der Waals surface area contributed by atoms with Gasteiger partial charge in [-0.3, -0.25) is 9.52 Å². The molecule has 3 aromatic rings. The molecule has 3 rings (SSSR count). The van der Waals surface area contributed by atoms with E-state index >= 15 is 0 Å². The zero-order chi connectivity index (χ0) is 21.8. The van der Waals surface area contributed by atoms with Crippen molar-refractivity contribution in [2.45, 2.75) is 10.4 Å². The van der Waals surface area contributed by atoms with Crippen LogP contribution in [0.2, 0.25) is 0 Å². The first-order valence-corrected chi connectivity index (χ1v) is 10.8. The Morgan fingerprint density at radius 1 is 1.00 bits per heavy atom. The first kappa shape index (κ1) is 21.7. The van der Waals surface area contributed by atoms with E-state index in [9.17, 15) is 26.4 Å². The lowest BCUT2D eigenvalue weighted by atomic mass is 10.2. The summed E-state index contributed by atoms with van der Waals surface area (Å²) in [5, 5.41) is 4.17. The van der Waals surface area contributed by atoms with E-state index in [-0.39, 0.29) is 26.9 Å². The van der Waals surface area contributed by atoms with Crippen LogP contribution >= 0.6 is 11.3 Å². The number of halogens is 3. The first-order chi connectivity index (χ1) is 14.1. The summed E-state index contributed by atoms with van der Waals surface area (Å²) in [6, 6.07) is 14.4. The lowest BCUT2D eigenvalue weighted by molar-refractivity contribution is -0.153. The molecule has 0 saturated heterocycles. The average Bonchev–Trinajstić information content (AvgIpc) is 3.22. The van der Waals surface area contributed by atoms with Crippen molar-refractivity contribution in [3.63, 3.8) is 0 Å². The second-order valence-corrected chi connectivity index (χ2v) is 8.86. The lowest BCUT2D eigenvalue weighted by Gasteiger charge is -2.11. The normalized spacial score (nSPS) is 11.7. The van der Waals surface area contributed by atoms with Crippen LogP contribution in [0.25, 0.3) is 0 Å². The second-order valence-electron chi connectivity index (χ2n) is 6.00. The molecule has 0 aliphatic heterocycles. The fourth-order valence-electron chi connectivity index (χ4n) is 2.38. The van der Waals surface area contributed by atoms with Gasteiger partial charge in [-0.25, -0.2) is 8.42 Å². The molecule has 0 saturated carbocycles. The number of rotatable bonds is 7. The fraction of sp³-hybridized carbons (Fsp3) is 0.105. The molecule has 0 radical (unpaired) electrons. The van der Waals surface area contributed by atoms with Crippen LogP contribution in [0.4, 0.5) is 24.5 Å². The number of hydrogen-bond acceptors (Lipinski definition) is 5. The van der Waals surface area contributed by atoms with E-state index < -0.39 is 28.7 Å². The smallest absolute Gasteiger partial charge is 0.422 e. The van der Waals surface area contributed by atoms with Crippen LogP contribution in [0.5, 0.6) is 5.75 Å². The molecule has 30 heavy (non-hydrogen) atoms. The third-order valence-electron chi connectivity index (χ3n) is 3.63. The zero-order valence-corrected chi connectivity index (χ0v) is 16.8. The van der Waals surface area contributed by atoms with E-state index in [0.717, 1.165) is 11.3 Å².